The van der Waals surface area contributed by atoms with Gasteiger partial charge < -0.3 is 25.2 Å². The molecule has 2 amide bonds. The van der Waals surface area contributed by atoms with E-state index in [1.165, 1.54) is 30.2 Å². The molecule has 108 valence electrons. The van der Waals surface area contributed by atoms with Gasteiger partial charge in [-0.3, -0.25) is 9.59 Å². The minimum Gasteiger partial charge on any atom is -0.507 e. The van der Waals surface area contributed by atoms with Crippen molar-refractivity contribution in [3.63, 3.8) is 0 Å². The number of carbonyl (C=O) groups excluding carboxylic acids is 2. The van der Waals surface area contributed by atoms with Gasteiger partial charge in [0.1, 0.15) is 17.5 Å². The van der Waals surface area contributed by atoms with Gasteiger partial charge in [-0.1, -0.05) is 0 Å². The van der Waals surface area contributed by atoms with Gasteiger partial charge in [-0.15, -0.1) is 0 Å². The van der Waals surface area contributed by atoms with Crippen LogP contribution in [0.1, 0.15) is 10.4 Å². The highest BCUT2D eigenvalue weighted by Gasteiger charge is 2.33. The summed E-state index contributed by atoms with van der Waals surface area (Å²) in [4.78, 5) is 25.1. The van der Waals surface area contributed by atoms with Crippen LogP contribution in [-0.2, 0) is 9.53 Å². The molecule has 2 rings (SSSR count). The zero-order valence-corrected chi connectivity index (χ0v) is 11.0. The molecule has 1 aromatic carbocycles. The first kappa shape index (κ1) is 14.1. The summed E-state index contributed by atoms with van der Waals surface area (Å²) in [5, 5.41) is 9.81. The van der Waals surface area contributed by atoms with E-state index in [4.69, 9.17) is 15.2 Å². The Bertz CT molecular complexity index is 531. The van der Waals surface area contributed by atoms with Gasteiger partial charge in [-0.05, 0) is 18.2 Å². The second-order valence-corrected chi connectivity index (χ2v) is 4.37. The molecule has 3 N–H and O–H groups in total. The van der Waals surface area contributed by atoms with Crippen LogP contribution >= 0.6 is 0 Å². The summed E-state index contributed by atoms with van der Waals surface area (Å²) in [7, 11) is 1.46. The Morgan fingerprint density at radius 2 is 2.25 bits per heavy atom. The van der Waals surface area contributed by atoms with Crippen LogP contribution in [0, 0.1) is 0 Å². The highest BCUT2D eigenvalue weighted by molar-refractivity contribution is 5.99. The average molecular weight is 280 g/mol. The van der Waals surface area contributed by atoms with Gasteiger partial charge in [0.15, 0.2) is 0 Å². The van der Waals surface area contributed by atoms with E-state index in [0.29, 0.717) is 12.4 Å². The van der Waals surface area contributed by atoms with Crippen LogP contribution in [0.25, 0.3) is 0 Å². The SMILES string of the molecule is COc1ccc(O)c(C(=O)N2CCOCC2C(N)=O)c1. The standard InChI is InChI=1S/C13H16N2O5/c1-19-8-2-3-11(16)9(6-8)13(18)15-4-5-20-7-10(15)12(14)17/h2-3,6,10,16H,4-5,7H2,1H3,(H2,14,17). The van der Waals surface area contributed by atoms with E-state index in [1.54, 1.807) is 0 Å². The molecule has 0 bridgehead atoms. The maximum absolute atomic E-state index is 12.5. The smallest absolute Gasteiger partial charge is 0.258 e. The van der Waals surface area contributed by atoms with Crippen LogP contribution < -0.4 is 10.5 Å². The molecule has 1 aromatic rings. The minimum absolute atomic E-state index is 0.0613. The first-order valence-corrected chi connectivity index (χ1v) is 6.09. The van der Waals surface area contributed by atoms with Gasteiger partial charge in [0.2, 0.25) is 5.91 Å². The van der Waals surface area contributed by atoms with Crippen LogP contribution in [0.15, 0.2) is 18.2 Å². The summed E-state index contributed by atoms with van der Waals surface area (Å²) >= 11 is 0. The molecule has 1 aliphatic rings. The number of phenols is 1. The Kier molecular flexibility index (Phi) is 4.09. The van der Waals surface area contributed by atoms with E-state index < -0.39 is 17.9 Å². The molecule has 1 unspecified atom stereocenters. The summed E-state index contributed by atoms with van der Waals surface area (Å²) in [5.41, 5.74) is 5.33. The van der Waals surface area contributed by atoms with Crippen LogP contribution in [-0.4, -0.2) is 54.7 Å². The molecule has 0 aromatic heterocycles. The molecule has 0 saturated carbocycles. The van der Waals surface area contributed by atoms with Crippen LogP contribution in [0.4, 0.5) is 0 Å². The monoisotopic (exact) mass is 280 g/mol. The quantitative estimate of drug-likeness (QED) is 0.793. The Balaban J connectivity index is 2.31. The third-order valence-corrected chi connectivity index (χ3v) is 3.15. The Hall–Kier alpha value is -2.28. The number of methoxy groups -OCH3 is 1. The first-order chi connectivity index (χ1) is 9.54. The van der Waals surface area contributed by atoms with Crippen LogP contribution in [0.2, 0.25) is 0 Å². The number of amides is 2. The number of hydrogen-bond acceptors (Lipinski definition) is 5. The molecule has 1 saturated heterocycles. The van der Waals surface area contributed by atoms with Crippen molar-refractivity contribution in [2.45, 2.75) is 6.04 Å². The number of morpholine rings is 1. The van der Waals surface area contributed by atoms with Crippen LogP contribution in [0.3, 0.4) is 0 Å². The predicted molar refractivity (Wildman–Crippen MR) is 69.5 cm³/mol. The second-order valence-electron chi connectivity index (χ2n) is 4.37. The second kappa shape index (κ2) is 5.79. The summed E-state index contributed by atoms with van der Waals surface area (Å²) in [6.45, 7) is 0.620. The Labute approximate surface area is 115 Å². The van der Waals surface area contributed by atoms with Crippen molar-refractivity contribution in [1.82, 2.24) is 4.90 Å². The number of hydrogen-bond donors (Lipinski definition) is 2. The van der Waals surface area contributed by atoms with Crippen molar-refractivity contribution in [3.05, 3.63) is 23.8 Å². The number of phenolic OH excluding ortho intramolecular Hbond substituents is 1. The number of aromatic hydroxyl groups is 1. The Morgan fingerprint density at radius 1 is 1.50 bits per heavy atom. The fourth-order valence-corrected chi connectivity index (χ4v) is 2.05. The van der Waals surface area contributed by atoms with Crippen molar-refractivity contribution in [2.24, 2.45) is 5.73 Å². The highest BCUT2D eigenvalue weighted by Crippen LogP contribution is 2.25. The number of nitrogens with zero attached hydrogens (tertiary/aromatic N) is 1. The largest absolute Gasteiger partial charge is 0.507 e. The van der Waals surface area contributed by atoms with Gasteiger partial charge >= 0.3 is 0 Å². The first-order valence-electron chi connectivity index (χ1n) is 6.09. The van der Waals surface area contributed by atoms with E-state index in [1.807, 2.05) is 0 Å². The number of benzene rings is 1. The third kappa shape index (κ3) is 2.67. The van der Waals surface area contributed by atoms with Gasteiger partial charge in [0.25, 0.3) is 5.91 Å². The van der Waals surface area contributed by atoms with E-state index in [2.05, 4.69) is 0 Å². The van der Waals surface area contributed by atoms with Crippen molar-refractivity contribution in [1.29, 1.82) is 0 Å². The van der Waals surface area contributed by atoms with E-state index in [-0.39, 0.29) is 24.5 Å². The lowest BCUT2D eigenvalue weighted by molar-refractivity contribution is -0.127. The fourth-order valence-electron chi connectivity index (χ4n) is 2.05. The minimum atomic E-state index is -0.832. The predicted octanol–water partition coefficient (Wildman–Crippen LogP) is -0.273. The topological polar surface area (TPSA) is 102 Å². The van der Waals surface area contributed by atoms with Gasteiger partial charge in [-0.2, -0.15) is 0 Å². The van der Waals surface area contributed by atoms with E-state index in [0.717, 1.165) is 0 Å². The molecule has 0 aliphatic carbocycles. The maximum atomic E-state index is 12.5. The van der Waals surface area contributed by atoms with Crippen molar-refractivity contribution in [3.8, 4) is 11.5 Å². The molecule has 0 spiro atoms. The van der Waals surface area contributed by atoms with Gasteiger partial charge in [-0.25, -0.2) is 0 Å². The molecule has 0 radical (unpaired) electrons. The number of nitrogens with two attached hydrogens (primary N) is 1. The van der Waals surface area contributed by atoms with Crippen LogP contribution in [0.5, 0.6) is 11.5 Å². The fraction of sp³-hybridized carbons (Fsp3) is 0.385. The highest BCUT2D eigenvalue weighted by atomic mass is 16.5. The van der Waals surface area contributed by atoms with E-state index >= 15 is 0 Å². The molecule has 1 aliphatic heterocycles. The lowest BCUT2D eigenvalue weighted by Gasteiger charge is -2.33. The molecule has 1 fully saturated rings. The summed E-state index contributed by atoms with van der Waals surface area (Å²) in [6.07, 6.45) is 0. The molecule has 7 heteroatoms. The molecule has 1 atom stereocenters. The summed E-state index contributed by atoms with van der Waals surface area (Å²) in [5.74, 6) is -0.852. The summed E-state index contributed by atoms with van der Waals surface area (Å²) in [6, 6.07) is 3.50. The maximum Gasteiger partial charge on any atom is 0.258 e. The van der Waals surface area contributed by atoms with Gasteiger partial charge in [0, 0.05) is 6.54 Å². The molecule has 1 heterocycles. The van der Waals surface area contributed by atoms with Crippen molar-refractivity contribution >= 4 is 11.8 Å². The van der Waals surface area contributed by atoms with E-state index in [9.17, 15) is 14.7 Å². The molecular weight excluding hydrogens is 264 g/mol. The number of primary amides is 1. The lowest BCUT2D eigenvalue weighted by atomic mass is 10.1. The number of ether oxygens (including phenoxy) is 2. The normalized spacial score (nSPS) is 18.6. The molecular formula is C13H16N2O5. The molecule has 20 heavy (non-hydrogen) atoms. The zero-order chi connectivity index (χ0) is 14.7. The Morgan fingerprint density at radius 3 is 2.90 bits per heavy atom. The van der Waals surface area contributed by atoms with Crippen molar-refractivity contribution in [2.75, 3.05) is 26.9 Å². The summed E-state index contributed by atoms with van der Waals surface area (Å²) < 4.78 is 10.2. The zero-order valence-electron chi connectivity index (χ0n) is 11.0. The lowest BCUT2D eigenvalue weighted by Crippen LogP contribution is -2.54. The molecule has 7 nitrogen and oxygen atoms in total. The number of rotatable bonds is 3. The van der Waals surface area contributed by atoms with Gasteiger partial charge in [0.05, 0.1) is 25.9 Å². The van der Waals surface area contributed by atoms with Crippen molar-refractivity contribution < 1.29 is 24.2 Å². The third-order valence-electron chi connectivity index (χ3n) is 3.15. The average Bonchev–Trinajstić information content (AvgIpc) is 2.47. The number of carbonyl (C=O) groups is 2.